The summed E-state index contributed by atoms with van der Waals surface area (Å²) in [7, 11) is 0. The molecule has 19 heavy (non-hydrogen) atoms. The largest absolute Gasteiger partial charge is 0.252 e. The fourth-order valence-electron chi connectivity index (χ4n) is 2.12. The van der Waals surface area contributed by atoms with Crippen molar-refractivity contribution in [1.29, 1.82) is 0 Å². The van der Waals surface area contributed by atoms with E-state index in [4.69, 9.17) is 11.6 Å². The molecule has 98 valence electrons. The molecule has 1 fully saturated rings. The second-order valence-corrected chi connectivity index (χ2v) is 6.14. The van der Waals surface area contributed by atoms with Crippen molar-refractivity contribution in [2.24, 2.45) is 0 Å². The van der Waals surface area contributed by atoms with Gasteiger partial charge in [0.1, 0.15) is 10.8 Å². The van der Waals surface area contributed by atoms with E-state index in [2.05, 4.69) is 36.9 Å². The number of hydrogen-bond donors (Lipinski definition) is 0. The van der Waals surface area contributed by atoms with Crippen LogP contribution < -0.4 is 0 Å². The van der Waals surface area contributed by atoms with Crippen LogP contribution >= 0.6 is 27.5 Å². The second kappa shape index (κ2) is 4.84. The Labute approximate surface area is 125 Å². The van der Waals surface area contributed by atoms with Crippen LogP contribution in [0.15, 0.2) is 16.7 Å². The molecule has 3 nitrogen and oxygen atoms in total. The molecule has 5 heteroatoms. The highest BCUT2D eigenvalue weighted by atomic mass is 79.9. The van der Waals surface area contributed by atoms with E-state index in [1.807, 2.05) is 20.0 Å². The zero-order valence-corrected chi connectivity index (χ0v) is 13.1. The maximum Gasteiger partial charge on any atom is 0.180 e. The lowest BCUT2D eigenvalue weighted by molar-refractivity contribution is 0.970. The van der Waals surface area contributed by atoms with Gasteiger partial charge in [-0.2, -0.15) is 0 Å². The Kier molecular flexibility index (Phi) is 3.31. The smallest absolute Gasteiger partial charge is 0.180 e. The van der Waals surface area contributed by atoms with Gasteiger partial charge in [0.05, 0.1) is 10.2 Å². The Balaban J connectivity index is 2.14. The van der Waals surface area contributed by atoms with Gasteiger partial charge in [-0.3, -0.25) is 4.98 Å². The fourth-order valence-corrected chi connectivity index (χ4v) is 2.80. The highest BCUT2D eigenvalue weighted by Crippen LogP contribution is 2.44. The molecule has 0 saturated heterocycles. The van der Waals surface area contributed by atoms with E-state index in [0.717, 1.165) is 27.0 Å². The van der Waals surface area contributed by atoms with E-state index in [1.165, 1.54) is 12.8 Å². The second-order valence-electron chi connectivity index (χ2n) is 4.99. The summed E-state index contributed by atoms with van der Waals surface area (Å²) < 4.78 is 0.824. The molecule has 0 N–H and O–H groups in total. The minimum atomic E-state index is 0.466. The molecule has 0 bridgehead atoms. The number of aromatic nitrogens is 3. The SMILES string of the molecule is Cc1cnc(-c2nc(Cl)c(Br)c(C3CC3)n2)c(C)c1. The van der Waals surface area contributed by atoms with Crippen molar-refractivity contribution in [2.75, 3.05) is 0 Å². The quantitative estimate of drug-likeness (QED) is 0.759. The van der Waals surface area contributed by atoms with E-state index < -0.39 is 0 Å². The maximum absolute atomic E-state index is 6.20. The normalized spacial score (nSPS) is 14.7. The number of halogens is 2. The summed E-state index contributed by atoms with van der Waals surface area (Å²) >= 11 is 9.68. The molecule has 1 saturated carbocycles. The average Bonchev–Trinajstić information content (AvgIpc) is 3.17. The van der Waals surface area contributed by atoms with Gasteiger partial charge in [0.25, 0.3) is 0 Å². The highest BCUT2D eigenvalue weighted by molar-refractivity contribution is 9.10. The summed E-state index contributed by atoms with van der Waals surface area (Å²) in [4.78, 5) is 13.4. The summed E-state index contributed by atoms with van der Waals surface area (Å²) in [5, 5.41) is 0.466. The predicted octanol–water partition coefficient (Wildman–Crippen LogP) is 4.45. The molecule has 2 aromatic rings. The minimum absolute atomic E-state index is 0.466. The molecular formula is C14H13BrClN3. The molecule has 2 heterocycles. The molecular weight excluding hydrogens is 326 g/mol. The summed E-state index contributed by atoms with van der Waals surface area (Å²) in [5.74, 6) is 1.13. The van der Waals surface area contributed by atoms with Gasteiger partial charge in [-0.05, 0) is 53.7 Å². The van der Waals surface area contributed by atoms with Gasteiger partial charge in [0.15, 0.2) is 5.82 Å². The highest BCUT2D eigenvalue weighted by Gasteiger charge is 2.29. The first-order chi connectivity index (χ1) is 9.06. The minimum Gasteiger partial charge on any atom is -0.252 e. The third kappa shape index (κ3) is 2.51. The van der Waals surface area contributed by atoms with Gasteiger partial charge in [-0.1, -0.05) is 17.7 Å². The van der Waals surface area contributed by atoms with Gasteiger partial charge in [-0.15, -0.1) is 0 Å². The van der Waals surface area contributed by atoms with Gasteiger partial charge in [0.2, 0.25) is 0 Å². The van der Waals surface area contributed by atoms with Crippen molar-refractivity contribution >= 4 is 27.5 Å². The van der Waals surface area contributed by atoms with E-state index in [0.29, 0.717) is 16.9 Å². The number of hydrogen-bond acceptors (Lipinski definition) is 3. The molecule has 0 radical (unpaired) electrons. The Morgan fingerprint density at radius 1 is 1.26 bits per heavy atom. The molecule has 3 rings (SSSR count). The van der Waals surface area contributed by atoms with Crippen LogP contribution in [-0.4, -0.2) is 15.0 Å². The van der Waals surface area contributed by atoms with Gasteiger partial charge >= 0.3 is 0 Å². The van der Waals surface area contributed by atoms with Crippen molar-refractivity contribution in [3.8, 4) is 11.5 Å². The predicted molar refractivity (Wildman–Crippen MR) is 79.4 cm³/mol. The van der Waals surface area contributed by atoms with Crippen LogP contribution in [0.25, 0.3) is 11.5 Å². The molecule has 1 aliphatic rings. The molecule has 0 spiro atoms. The molecule has 0 aromatic carbocycles. The Hall–Kier alpha value is -1.00. The molecule has 1 aliphatic carbocycles. The average molecular weight is 339 g/mol. The maximum atomic E-state index is 6.20. The van der Waals surface area contributed by atoms with Crippen LogP contribution in [0.2, 0.25) is 5.15 Å². The standard InChI is InChI=1S/C14H13BrClN3/c1-7-5-8(2)11(17-6-7)14-18-12(9-3-4-9)10(15)13(16)19-14/h5-6,9H,3-4H2,1-2H3. The first-order valence-electron chi connectivity index (χ1n) is 6.23. The number of aryl methyl sites for hydroxylation is 2. The van der Waals surface area contributed by atoms with E-state index >= 15 is 0 Å². The molecule has 0 atom stereocenters. The fraction of sp³-hybridized carbons (Fsp3) is 0.357. The van der Waals surface area contributed by atoms with Crippen molar-refractivity contribution in [2.45, 2.75) is 32.6 Å². The lowest BCUT2D eigenvalue weighted by Gasteiger charge is -2.09. The first kappa shape index (κ1) is 13.0. The van der Waals surface area contributed by atoms with Crippen molar-refractivity contribution < 1.29 is 0 Å². The Morgan fingerprint density at radius 3 is 2.63 bits per heavy atom. The number of pyridine rings is 1. The third-order valence-corrected chi connectivity index (χ3v) is 4.51. The molecule has 2 aromatic heterocycles. The first-order valence-corrected chi connectivity index (χ1v) is 7.40. The summed E-state index contributed by atoms with van der Waals surface area (Å²) in [5.41, 5.74) is 4.02. The van der Waals surface area contributed by atoms with Crippen LogP contribution in [0, 0.1) is 13.8 Å². The van der Waals surface area contributed by atoms with Crippen molar-refractivity contribution in [3.63, 3.8) is 0 Å². The topological polar surface area (TPSA) is 38.7 Å². The third-order valence-electron chi connectivity index (χ3n) is 3.23. The van der Waals surface area contributed by atoms with Gasteiger partial charge in [0, 0.05) is 12.1 Å². The van der Waals surface area contributed by atoms with Gasteiger partial charge < -0.3 is 0 Å². The zero-order valence-electron chi connectivity index (χ0n) is 10.7. The van der Waals surface area contributed by atoms with Crippen LogP contribution in [0.5, 0.6) is 0 Å². The summed E-state index contributed by atoms with van der Waals surface area (Å²) in [6, 6.07) is 2.08. The molecule has 0 aliphatic heterocycles. The monoisotopic (exact) mass is 337 g/mol. The zero-order chi connectivity index (χ0) is 13.6. The molecule has 0 amide bonds. The lowest BCUT2D eigenvalue weighted by atomic mass is 10.1. The Bertz CT molecular complexity index is 653. The van der Waals surface area contributed by atoms with E-state index in [-0.39, 0.29) is 0 Å². The number of nitrogens with zero attached hydrogens (tertiary/aromatic N) is 3. The summed E-state index contributed by atoms with van der Waals surface area (Å²) in [6.07, 6.45) is 4.18. The van der Waals surface area contributed by atoms with Crippen molar-refractivity contribution in [1.82, 2.24) is 15.0 Å². The number of rotatable bonds is 2. The van der Waals surface area contributed by atoms with E-state index in [9.17, 15) is 0 Å². The van der Waals surface area contributed by atoms with Crippen molar-refractivity contribution in [3.05, 3.63) is 38.7 Å². The molecule has 0 unspecified atom stereocenters. The van der Waals surface area contributed by atoms with Crippen LogP contribution in [0.3, 0.4) is 0 Å². The van der Waals surface area contributed by atoms with E-state index in [1.54, 1.807) is 0 Å². The van der Waals surface area contributed by atoms with Crippen LogP contribution in [0.1, 0.15) is 35.6 Å². The Morgan fingerprint density at radius 2 is 2.00 bits per heavy atom. The van der Waals surface area contributed by atoms with Crippen LogP contribution in [-0.2, 0) is 0 Å². The van der Waals surface area contributed by atoms with Gasteiger partial charge in [-0.25, -0.2) is 9.97 Å². The van der Waals surface area contributed by atoms with Crippen LogP contribution in [0.4, 0.5) is 0 Å². The summed E-state index contributed by atoms with van der Waals surface area (Å²) in [6.45, 7) is 4.04. The lowest BCUT2D eigenvalue weighted by Crippen LogP contribution is -2.00.